The van der Waals surface area contributed by atoms with Crippen molar-refractivity contribution in [3.63, 3.8) is 0 Å². The predicted molar refractivity (Wildman–Crippen MR) is 129 cm³/mol. The molecule has 0 saturated carbocycles. The third kappa shape index (κ3) is 4.42. The molecule has 0 aromatic heterocycles. The van der Waals surface area contributed by atoms with Crippen LogP contribution in [0.25, 0.3) is 0 Å². The van der Waals surface area contributed by atoms with Gasteiger partial charge in [0.15, 0.2) is 0 Å². The van der Waals surface area contributed by atoms with E-state index in [4.69, 9.17) is 18.9 Å². The molecule has 0 unspecified atom stereocenters. The first-order chi connectivity index (χ1) is 16.6. The summed E-state index contributed by atoms with van der Waals surface area (Å²) < 4.78 is 26.3. The second-order valence-corrected chi connectivity index (χ2v) is 9.27. The van der Waals surface area contributed by atoms with Crippen LogP contribution >= 0.6 is 0 Å². The Bertz CT molecular complexity index is 1090. The van der Waals surface area contributed by atoms with Crippen LogP contribution in [0.1, 0.15) is 41.7 Å². The molecule has 34 heavy (non-hydrogen) atoms. The summed E-state index contributed by atoms with van der Waals surface area (Å²) in [6.07, 6.45) is -0.852. The standard InChI is InChI=1S/C29H32O5/c1-20-21(2)34-29(26-15-24(16-30)13-14-25(26)19-33-29)28(32-18-23-11-7-4-8-12-23)27(20)31-17-22-9-5-3-6-10-22/h3-15,20-21,27-28,30H,16-19H2,1-2H3/t20-,21-,27+,28-,29+/m1/s1. The van der Waals surface area contributed by atoms with E-state index < -0.39 is 11.9 Å². The van der Waals surface area contributed by atoms with Gasteiger partial charge in [-0.3, -0.25) is 0 Å². The Hall–Kier alpha value is -2.54. The fraction of sp³-hybridized carbons (Fsp3) is 0.379. The zero-order chi connectivity index (χ0) is 23.5. The maximum Gasteiger partial charge on any atom is 0.225 e. The Morgan fingerprint density at radius 1 is 0.853 bits per heavy atom. The summed E-state index contributed by atoms with van der Waals surface area (Å²) >= 11 is 0. The van der Waals surface area contributed by atoms with Crippen LogP contribution in [-0.2, 0) is 51.2 Å². The van der Waals surface area contributed by atoms with E-state index in [2.05, 4.69) is 38.1 Å². The highest BCUT2D eigenvalue weighted by atomic mass is 16.7. The highest BCUT2D eigenvalue weighted by molar-refractivity contribution is 5.39. The molecule has 0 radical (unpaired) electrons. The molecule has 0 aliphatic carbocycles. The van der Waals surface area contributed by atoms with Crippen LogP contribution in [0.4, 0.5) is 0 Å². The van der Waals surface area contributed by atoms with Crippen molar-refractivity contribution in [2.75, 3.05) is 0 Å². The van der Waals surface area contributed by atoms with Crippen molar-refractivity contribution < 1.29 is 24.1 Å². The third-order valence-electron chi connectivity index (χ3n) is 7.02. The van der Waals surface area contributed by atoms with Crippen LogP contribution in [0.15, 0.2) is 78.9 Å². The zero-order valence-corrected chi connectivity index (χ0v) is 19.7. The highest BCUT2D eigenvalue weighted by Gasteiger charge is 2.58. The van der Waals surface area contributed by atoms with Gasteiger partial charge in [0.25, 0.3) is 0 Å². The molecule has 5 nitrogen and oxygen atoms in total. The van der Waals surface area contributed by atoms with E-state index in [1.807, 2.05) is 54.6 Å². The van der Waals surface area contributed by atoms with Gasteiger partial charge in [0, 0.05) is 11.5 Å². The SMILES string of the molecule is C[C@H]1[C@H](OCc2ccccc2)[C@@H](OCc2ccccc2)[C@@]2(OCc3ccc(CO)cc32)O[C@@H]1C. The van der Waals surface area contributed by atoms with E-state index in [0.29, 0.717) is 19.8 Å². The molecule has 1 spiro atoms. The molecule has 5 heteroatoms. The Labute approximate surface area is 201 Å². The van der Waals surface area contributed by atoms with Crippen LogP contribution in [0.2, 0.25) is 0 Å². The van der Waals surface area contributed by atoms with Gasteiger partial charge in [-0.1, -0.05) is 79.7 Å². The number of hydrogen-bond donors (Lipinski definition) is 1. The number of rotatable bonds is 7. The van der Waals surface area contributed by atoms with Crippen LogP contribution in [0, 0.1) is 5.92 Å². The van der Waals surface area contributed by atoms with Crippen molar-refractivity contribution in [1.29, 1.82) is 0 Å². The molecule has 2 aliphatic heterocycles. The topological polar surface area (TPSA) is 57.2 Å². The first kappa shape index (κ1) is 23.2. The minimum absolute atomic E-state index is 0.0429. The lowest BCUT2D eigenvalue weighted by Crippen LogP contribution is -2.60. The van der Waals surface area contributed by atoms with E-state index >= 15 is 0 Å². The number of benzene rings is 3. The summed E-state index contributed by atoms with van der Waals surface area (Å²) in [5.74, 6) is -1.01. The van der Waals surface area contributed by atoms with Gasteiger partial charge in [0.1, 0.15) is 6.10 Å². The van der Waals surface area contributed by atoms with Gasteiger partial charge in [-0.25, -0.2) is 0 Å². The zero-order valence-electron chi connectivity index (χ0n) is 19.7. The molecule has 2 aliphatic rings. The summed E-state index contributed by atoms with van der Waals surface area (Å²) in [4.78, 5) is 0. The molecule has 1 fully saturated rings. The van der Waals surface area contributed by atoms with Gasteiger partial charge < -0.3 is 24.1 Å². The largest absolute Gasteiger partial charge is 0.392 e. The average molecular weight is 461 g/mol. The average Bonchev–Trinajstić information content (AvgIpc) is 3.23. The fourth-order valence-corrected chi connectivity index (χ4v) is 4.95. The monoisotopic (exact) mass is 460 g/mol. The highest BCUT2D eigenvalue weighted by Crippen LogP contribution is 2.49. The molecule has 178 valence electrons. The number of aliphatic hydroxyl groups is 1. The molecular formula is C29H32O5. The predicted octanol–water partition coefficient (Wildman–Crippen LogP) is 5.09. The van der Waals surface area contributed by atoms with Crippen molar-refractivity contribution in [3.8, 4) is 0 Å². The van der Waals surface area contributed by atoms with Crippen LogP contribution in [0.3, 0.4) is 0 Å². The van der Waals surface area contributed by atoms with Gasteiger partial charge >= 0.3 is 0 Å². The van der Waals surface area contributed by atoms with Gasteiger partial charge in [0.2, 0.25) is 5.79 Å². The lowest BCUT2D eigenvalue weighted by Gasteiger charge is -2.50. The maximum absolute atomic E-state index is 9.79. The smallest absolute Gasteiger partial charge is 0.225 e. The molecule has 0 bridgehead atoms. The van der Waals surface area contributed by atoms with E-state index in [1.165, 1.54) is 0 Å². The van der Waals surface area contributed by atoms with Crippen LogP contribution < -0.4 is 0 Å². The van der Waals surface area contributed by atoms with E-state index in [1.54, 1.807) is 0 Å². The first-order valence-corrected chi connectivity index (χ1v) is 12.0. The fourth-order valence-electron chi connectivity index (χ4n) is 4.95. The number of ether oxygens (including phenoxy) is 4. The summed E-state index contributed by atoms with van der Waals surface area (Å²) in [6.45, 7) is 5.49. The Balaban J connectivity index is 1.51. The van der Waals surface area contributed by atoms with Gasteiger partial charge in [0.05, 0.1) is 38.6 Å². The van der Waals surface area contributed by atoms with Crippen molar-refractivity contribution in [1.82, 2.24) is 0 Å². The van der Waals surface area contributed by atoms with Crippen molar-refractivity contribution in [3.05, 3.63) is 107 Å². The molecule has 2 heterocycles. The van der Waals surface area contributed by atoms with Crippen molar-refractivity contribution >= 4 is 0 Å². The minimum atomic E-state index is -1.09. The molecule has 1 saturated heterocycles. The lowest BCUT2D eigenvalue weighted by molar-refractivity contribution is -0.369. The lowest BCUT2D eigenvalue weighted by atomic mass is 9.83. The van der Waals surface area contributed by atoms with Crippen LogP contribution in [0.5, 0.6) is 0 Å². The molecule has 5 rings (SSSR count). The van der Waals surface area contributed by atoms with Gasteiger partial charge in [-0.05, 0) is 35.2 Å². The molecule has 5 atom stereocenters. The normalized spacial score (nSPS) is 28.2. The van der Waals surface area contributed by atoms with E-state index in [-0.39, 0.29) is 24.7 Å². The summed E-state index contributed by atoms with van der Waals surface area (Å²) in [7, 11) is 0. The Morgan fingerprint density at radius 2 is 1.50 bits per heavy atom. The minimum Gasteiger partial charge on any atom is -0.392 e. The number of fused-ring (bicyclic) bond motifs is 2. The van der Waals surface area contributed by atoms with E-state index in [0.717, 1.165) is 27.8 Å². The molecule has 3 aromatic rings. The molecule has 1 N–H and O–H groups in total. The Kier molecular flexibility index (Phi) is 6.82. The van der Waals surface area contributed by atoms with Crippen molar-refractivity contribution in [2.24, 2.45) is 5.92 Å². The van der Waals surface area contributed by atoms with Crippen molar-refractivity contribution in [2.45, 2.75) is 64.4 Å². The quantitative estimate of drug-likeness (QED) is 0.532. The second-order valence-electron chi connectivity index (χ2n) is 9.27. The summed E-state index contributed by atoms with van der Waals surface area (Å²) in [5.41, 5.74) is 4.98. The molecule has 3 aromatic carbocycles. The van der Waals surface area contributed by atoms with E-state index in [9.17, 15) is 5.11 Å². The molecule has 0 amide bonds. The molecular weight excluding hydrogens is 428 g/mol. The van der Waals surface area contributed by atoms with Gasteiger partial charge in [-0.2, -0.15) is 0 Å². The Morgan fingerprint density at radius 3 is 2.15 bits per heavy atom. The first-order valence-electron chi connectivity index (χ1n) is 12.0. The summed E-state index contributed by atoms with van der Waals surface area (Å²) in [5, 5.41) is 9.79. The number of aliphatic hydroxyl groups excluding tert-OH is 1. The maximum atomic E-state index is 9.79. The van der Waals surface area contributed by atoms with Crippen LogP contribution in [-0.4, -0.2) is 23.4 Å². The second kappa shape index (κ2) is 9.98. The number of hydrogen-bond acceptors (Lipinski definition) is 5. The van der Waals surface area contributed by atoms with Gasteiger partial charge in [-0.15, -0.1) is 0 Å². The third-order valence-corrected chi connectivity index (χ3v) is 7.02. The summed E-state index contributed by atoms with van der Waals surface area (Å²) in [6, 6.07) is 26.2.